The van der Waals surface area contributed by atoms with Gasteiger partial charge in [-0.2, -0.15) is 0 Å². The fourth-order valence-electron chi connectivity index (χ4n) is 13.7. The number of anilines is 6. The van der Waals surface area contributed by atoms with E-state index in [0.29, 0.717) is 0 Å². The van der Waals surface area contributed by atoms with Gasteiger partial charge in [0.05, 0.1) is 0 Å². The summed E-state index contributed by atoms with van der Waals surface area (Å²) in [6, 6.07) is 72.0. The van der Waals surface area contributed by atoms with E-state index in [9.17, 15) is 0 Å². The van der Waals surface area contributed by atoms with Crippen LogP contribution in [0.1, 0.15) is 105 Å². The maximum absolute atomic E-state index is 2.89. The summed E-state index contributed by atoms with van der Waals surface area (Å²) >= 11 is 0. The lowest BCUT2D eigenvalue weighted by Crippen LogP contribution is -2.77. The molecule has 0 atom stereocenters. The molecule has 0 amide bonds. The van der Waals surface area contributed by atoms with Gasteiger partial charge in [-0.15, -0.1) is 0 Å². The predicted octanol–water partition coefficient (Wildman–Crippen LogP) is 14.5. The van der Waals surface area contributed by atoms with Gasteiger partial charge < -0.3 is 14.3 Å². The van der Waals surface area contributed by atoms with Gasteiger partial charge in [-0.05, 0) is 159 Å². The minimum Gasteiger partial charge on any atom is -0.375 e. The molecule has 10 aromatic rings. The van der Waals surface area contributed by atoms with Crippen LogP contribution in [0.5, 0.6) is 0 Å². The van der Waals surface area contributed by atoms with Crippen molar-refractivity contribution in [3.8, 4) is 22.3 Å². The Labute approximate surface area is 445 Å². The van der Waals surface area contributed by atoms with E-state index in [1.807, 2.05) is 0 Å². The number of hydrogen-bond donors (Lipinski definition) is 0. The maximum Gasteiger partial charge on any atom is 0.333 e. The van der Waals surface area contributed by atoms with Crippen LogP contribution in [0.3, 0.4) is 0 Å². The van der Waals surface area contributed by atoms with Crippen LogP contribution in [0.4, 0.5) is 34.1 Å². The number of nitrogens with zero attached hydrogens (tertiary/aromatic N) is 3. The Bertz CT molecular complexity index is 3950. The Balaban J connectivity index is 1.15. The van der Waals surface area contributed by atoms with E-state index < -0.39 is 8.07 Å². The lowest BCUT2D eigenvalue weighted by molar-refractivity contribution is 0.590. The predicted molar refractivity (Wildman–Crippen MR) is 326 cm³/mol. The molecule has 4 aliphatic rings. The van der Waals surface area contributed by atoms with Crippen molar-refractivity contribution in [2.45, 2.75) is 105 Å². The van der Waals surface area contributed by atoms with Crippen LogP contribution in [0, 0.1) is 0 Å². The van der Waals surface area contributed by atoms with Crippen LogP contribution in [0.25, 0.3) is 44.1 Å². The first kappa shape index (κ1) is 46.2. The summed E-state index contributed by atoms with van der Waals surface area (Å²) in [6.07, 6.45) is 0. The Kier molecular flexibility index (Phi) is 9.48. The van der Waals surface area contributed by atoms with Gasteiger partial charge in [0.2, 0.25) is 0 Å². The highest BCUT2D eigenvalue weighted by Gasteiger charge is 2.57. The summed E-state index contributed by atoms with van der Waals surface area (Å²) < 4.78 is 2.77. The molecule has 0 unspecified atom stereocenters. The molecule has 4 aliphatic heterocycles. The molecule has 5 heteroatoms. The van der Waals surface area contributed by atoms with Gasteiger partial charge in [0, 0.05) is 61.5 Å². The molecule has 0 bridgehead atoms. The average molecular weight is 988 g/mol. The SMILES string of the molecule is CC(C)(C)c1ccc(N(c2ccc(C(C)(C)C)cc2)c2cc3c4c(c2)N2c5ccccc5[Si]5(c6ccccc6-c6ccccc65)c5cccc(c52)B4n2c4ccc(C(C)(C)C)cc4c4cc(C(C)(C)C)cc-3c42)cc1. The van der Waals surface area contributed by atoms with Crippen LogP contribution in [-0.4, -0.2) is 19.4 Å². The highest BCUT2D eigenvalue weighted by atomic mass is 28.3. The summed E-state index contributed by atoms with van der Waals surface area (Å²) in [7, 11) is -2.89. The highest BCUT2D eigenvalue weighted by molar-refractivity contribution is 7.24. The van der Waals surface area contributed by atoms with Crippen LogP contribution in [0.2, 0.25) is 0 Å². The summed E-state index contributed by atoms with van der Waals surface area (Å²) in [5.74, 6) is 0. The molecular formula is C70H66BN3Si. The minimum atomic E-state index is -2.89. The fraction of sp³-hybridized carbons (Fsp3) is 0.229. The van der Waals surface area contributed by atoms with Crippen molar-refractivity contribution in [3.63, 3.8) is 0 Å². The lowest BCUT2D eigenvalue weighted by atomic mass is 9.45. The van der Waals surface area contributed by atoms with E-state index in [2.05, 4.69) is 279 Å². The molecule has 1 spiro atoms. The van der Waals surface area contributed by atoms with Gasteiger partial charge in [-0.25, -0.2) is 0 Å². The summed E-state index contributed by atoms with van der Waals surface area (Å²) in [4.78, 5) is 5.26. The third-order valence-electron chi connectivity index (χ3n) is 17.6. The van der Waals surface area contributed by atoms with E-state index in [1.54, 1.807) is 0 Å². The second kappa shape index (κ2) is 15.4. The Hall–Kier alpha value is -7.34. The summed E-state index contributed by atoms with van der Waals surface area (Å²) in [5.41, 5.74) is 23.3. The normalized spacial score (nSPS) is 14.7. The minimum absolute atomic E-state index is 0.0119. The molecule has 5 heterocycles. The van der Waals surface area contributed by atoms with Crippen molar-refractivity contribution in [1.29, 1.82) is 0 Å². The van der Waals surface area contributed by atoms with E-state index in [0.717, 1.165) is 17.1 Å². The van der Waals surface area contributed by atoms with E-state index >= 15 is 0 Å². The first-order chi connectivity index (χ1) is 35.7. The smallest absolute Gasteiger partial charge is 0.333 e. The first-order valence-electron chi connectivity index (χ1n) is 27.3. The monoisotopic (exact) mass is 988 g/mol. The second-order valence-electron chi connectivity index (χ2n) is 26.2. The number of para-hydroxylation sites is 2. The standard InChI is InChI=1S/C70H66BN3Si/c1-67(2,3)43-28-33-47(34-29-43)72(48-35-30-44(31-36-48)68(4,5)6)49-41-53-55-40-46(70(10,11)12)39-54-52-38-45(69(7,8)9)32-37-57(52)74(65(54)55)71-56-22-19-27-63-66(56)73(59(42-49)64(53)71)58-23-15-18-26-62(58)75(63)60-24-16-13-20-50(60)51-21-14-17-25-61(51)75/h13-42H,1-12H3. The van der Waals surface area contributed by atoms with Crippen molar-refractivity contribution >= 4 is 103 Å². The highest BCUT2D eigenvalue weighted by Crippen LogP contribution is 2.51. The zero-order chi connectivity index (χ0) is 51.9. The lowest BCUT2D eigenvalue weighted by Gasteiger charge is -2.49. The molecule has 0 radical (unpaired) electrons. The van der Waals surface area contributed by atoms with Crippen LogP contribution < -0.4 is 41.5 Å². The maximum atomic E-state index is 2.77. The molecule has 75 heavy (non-hydrogen) atoms. The number of fused-ring (bicyclic) bond motifs is 16. The molecular weight excluding hydrogens is 922 g/mol. The summed E-state index contributed by atoms with van der Waals surface area (Å²) in [5, 5.41) is 8.57. The molecule has 0 N–H and O–H groups in total. The molecule has 1 aromatic heterocycles. The third kappa shape index (κ3) is 6.40. The van der Waals surface area contributed by atoms with Crippen molar-refractivity contribution in [3.05, 3.63) is 204 Å². The molecule has 14 rings (SSSR count). The molecule has 3 nitrogen and oxygen atoms in total. The van der Waals surface area contributed by atoms with Crippen molar-refractivity contribution < 1.29 is 0 Å². The Morgan fingerprint density at radius 3 is 1.49 bits per heavy atom. The van der Waals surface area contributed by atoms with Crippen molar-refractivity contribution in [1.82, 2.24) is 4.48 Å². The number of benzene rings is 9. The topological polar surface area (TPSA) is 11.4 Å². The van der Waals surface area contributed by atoms with Gasteiger partial charge in [0.1, 0.15) is 0 Å². The van der Waals surface area contributed by atoms with E-state index in [-0.39, 0.29) is 28.5 Å². The number of rotatable bonds is 3. The van der Waals surface area contributed by atoms with Crippen LogP contribution >= 0.6 is 0 Å². The van der Waals surface area contributed by atoms with E-state index in [1.165, 1.54) is 115 Å². The average Bonchev–Trinajstić information content (AvgIpc) is 4.13. The third-order valence-corrected chi connectivity index (χ3v) is 22.5. The van der Waals surface area contributed by atoms with Crippen LogP contribution in [0.15, 0.2) is 182 Å². The molecule has 9 aromatic carbocycles. The summed E-state index contributed by atoms with van der Waals surface area (Å²) in [6.45, 7) is 28.0. The van der Waals surface area contributed by atoms with Crippen molar-refractivity contribution in [2.24, 2.45) is 0 Å². The van der Waals surface area contributed by atoms with Gasteiger partial charge in [0.15, 0.2) is 8.07 Å². The van der Waals surface area contributed by atoms with Gasteiger partial charge in [0.25, 0.3) is 0 Å². The Morgan fingerprint density at radius 1 is 0.387 bits per heavy atom. The van der Waals surface area contributed by atoms with Crippen LogP contribution in [-0.2, 0) is 21.7 Å². The fourth-order valence-corrected chi connectivity index (χ4v) is 19.3. The number of hydrogen-bond acceptors (Lipinski definition) is 2. The first-order valence-corrected chi connectivity index (χ1v) is 29.3. The second-order valence-corrected chi connectivity index (χ2v) is 29.9. The van der Waals surface area contributed by atoms with Crippen molar-refractivity contribution in [2.75, 3.05) is 9.80 Å². The zero-order valence-corrected chi connectivity index (χ0v) is 46.7. The Morgan fingerprint density at radius 2 is 0.907 bits per heavy atom. The molecule has 0 saturated carbocycles. The number of aromatic nitrogens is 1. The molecule has 368 valence electrons. The molecule has 0 saturated heterocycles. The van der Waals surface area contributed by atoms with Gasteiger partial charge >= 0.3 is 6.85 Å². The quantitative estimate of drug-likeness (QED) is 0.163. The largest absolute Gasteiger partial charge is 0.375 e. The molecule has 0 fully saturated rings. The molecule has 0 aliphatic carbocycles. The van der Waals surface area contributed by atoms with E-state index in [4.69, 9.17) is 0 Å². The van der Waals surface area contributed by atoms with Gasteiger partial charge in [-0.1, -0.05) is 198 Å². The van der Waals surface area contributed by atoms with Gasteiger partial charge in [-0.3, -0.25) is 0 Å². The zero-order valence-electron chi connectivity index (χ0n) is 45.7.